The second kappa shape index (κ2) is 12.8. The van der Waals surface area contributed by atoms with Gasteiger partial charge >= 0.3 is 0 Å². The third-order valence-electron chi connectivity index (χ3n) is 10.5. The van der Waals surface area contributed by atoms with Crippen LogP contribution in [0.4, 0.5) is 0 Å². The zero-order valence-corrected chi connectivity index (χ0v) is 30.2. The van der Waals surface area contributed by atoms with Crippen molar-refractivity contribution in [2.24, 2.45) is 0 Å². The van der Waals surface area contributed by atoms with Crippen LogP contribution in [0.2, 0.25) is 0 Å². The first-order chi connectivity index (χ1) is 27.2. The molecule has 0 unspecified atom stereocenters. The molecule has 6 heteroatoms. The lowest BCUT2D eigenvalue weighted by Crippen LogP contribution is -1.96. The van der Waals surface area contributed by atoms with Crippen molar-refractivity contribution in [2.45, 2.75) is 0 Å². The van der Waals surface area contributed by atoms with Crippen LogP contribution in [0.15, 0.2) is 176 Å². The summed E-state index contributed by atoms with van der Waals surface area (Å²) in [6, 6.07) is 61.5. The van der Waals surface area contributed by atoms with Gasteiger partial charge in [0.2, 0.25) is 0 Å². The Bertz CT molecular complexity index is 3180. The molecule has 3 heterocycles. The molecule has 0 aliphatic carbocycles. The Hall–Kier alpha value is -7.15. The first kappa shape index (κ1) is 31.4. The van der Waals surface area contributed by atoms with Gasteiger partial charge in [0.15, 0.2) is 5.82 Å². The van der Waals surface area contributed by atoms with E-state index in [0.717, 1.165) is 88.6 Å². The van der Waals surface area contributed by atoms with Gasteiger partial charge in [-0.25, -0.2) is 15.0 Å². The molecule has 0 radical (unpaired) electrons. The summed E-state index contributed by atoms with van der Waals surface area (Å²) in [6.07, 6.45) is 0. The molecule has 0 N–H and O–H groups in total. The van der Waals surface area contributed by atoms with Crippen molar-refractivity contribution in [3.8, 4) is 56.3 Å². The Morgan fingerprint density at radius 3 is 1.75 bits per heavy atom. The van der Waals surface area contributed by atoms with Crippen LogP contribution in [-0.4, -0.2) is 23.7 Å². The average Bonchev–Trinajstić information content (AvgIpc) is 3.76. The van der Waals surface area contributed by atoms with E-state index in [1.165, 1.54) is 27.9 Å². The fraction of sp³-hybridized carbons (Fsp3) is 0. The maximum Gasteiger partial charge on any atom is 0.160 e. The predicted molar refractivity (Wildman–Crippen MR) is 228 cm³/mol. The van der Waals surface area contributed by atoms with Gasteiger partial charge in [-0.1, -0.05) is 140 Å². The van der Waals surface area contributed by atoms with E-state index in [0.29, 0.717) is 5.82 Å². The number of para-hydroxylation sites is 1. The number of pyridine rings is 1. The maximum atomic E-state index is 5.25. The van der Waals surface area contributed by atoms with Gasteiger partial charge in [0.1, 0.15) is 11.0 Å². The smallest absolute Gasteiger partial charge is 0.160 e. The fourth-order valence-corrected chi connectivity index (χ4v) is 8.36. The highest BCUT2D eigenvalue weighted by Crippen LogP contribution is 2.42. The lowest BCUT2D eigenvalue weighted by Gasteiger charge is -2.14. The zero-order valence-electron chi connectivity index (χ0n) is 29.4. The lowest BCUT2D eigenvalue weighted by molar-refractivity contribution is 1.18. The van der Waals surface area contributed by atoms with E-state index in [1.807, 2.05) is 12.1 Å². The van der Waals surface area contributed by atoms with Crippen LogP contribution in [0.1, 0.15) is 0 Å². The molecule has 0 bridgehead atoms. The standard InChI is InChI=1S/C49H29N5S/c1-2-13-32(14-3-1)46-41-28-40(47-48(54-55-53-47)45(41)39-19-8-9-20-42(39)50-46)35-17-10-18-36(27-35)43-29-44(37-23-21-30-11-4-6-15-33(30)25-37)52-49(51-43)38-24-22-31-12-5-7-16-34(31)26-38/h1-29H. The van der Waals surface area contributed by atoms with Crippen LogP contribution < -0.4 is 0 Å². The van der Waals surface area contributed by atoms with Crippen molar-refractivity contribution >= 4 is 66.0 Å². The van der Waals surface area contributed by atoms with Gasteiger partial charge in [-0.2, -0.15) is 8.75 Å². The van der Waals surface area contributed by atoms with Crippen molar-refractivity contribution in [1.29, 1.82) is 0 Å². The second-order valence-corrected chi connectivity index (χ2v) is 14.3. The molecule has 0 aliphatic heterocycles. The minimum Gasteiger partial charge on any atom is -0.247 e. The number of rotatable bonds is 5. The molecular formula is C49H29N5S. The van der Waals surface area contributed by atoms with E-state index in [2.05, 4.69) is 164 Å². The van der Waals surface area contributed by atoms with Crippen LogP contribution in [-0.2, 0) is 0 Å². The van der Waals surface area contributed by atoms with Crippen LogP contribution in [0.25, 0.3) is 111 Å². The summed E-state index contributed by atoms with van der Waals surface area (Å²) in [7, 11) is 0. The number of hydrogen-bond donors (Lipinski definition) is 0. The van der Waals surface area contributed by atoms with Gasteiger partial charge in [0.25, 0.3) is 0 Å². The van der Waals surface area contributed by atoms with Gasteiger partial charge in [0.05, 0.1) is 34.3 Å². The van der Waals surface area contributed by atoms with Crippen LogP contribution in [0, 0.1) is 0 Å². The molecule has 11 rings (SSSR count). The molecule has 0 amide bonds. The van der Waals surface area contributed by atoms with Crippen molar-refractivity contribution in [1.82, 2.24) is 23.7 Å². The highest BCUT2D eigenvalue weighted by atomic mass is 32.1. The number of fused-ring (bicyclic) bond motifs is 7. The summed E-state index contributed by atoms with van der Waals surface area (Å²) in [5.74, 6) is 0.680. The highest BCUT2D eigenvalue weighted by molar-refractivity contribution is 7.00. The van der Waals surface area contributed by atoms with E-state index in [4.69, 9.17) is 23.7 Å². The third-order valence-corrected chi connectivity index (χ3v) is 11.0. The maximum absolute atomic E-state index is 5.25. The third kappa shape index (κ3) is 5.42. The molecule has 3 aromatic heterocycles. The summed E-state index contributed by atoms with van der Waals surface area (Å²) < 4.78 is 9.81. The summed E-state index contributed by atoms with van der Waals surface area (Å²) in [6.45, 7) is 0. The van der Waals surface area contributed by atoms with Crippen LogP contribution >= 0.6 is 11.7 Å². The van der Waals surface area contributed by atoms with E-state index in [1.54, 1.807) is 0 Å². The van der Waals surface area contributed by atoms with Gasteiger partial charge in [-0.05, 0) is 63.5 Å². The fourth-order valence-electron chi connectivity index (χ4n) is 7.80. The molecule has 11 aromatic rings. The molecule has 0 saturated carbocycles. The monoisotopic (exact) mass is 719 g/mol. The van der Waals surface area contributed by atoms with Gasteiger partial charge in [0, 0.05) is 44.0 Å². The average molecular weight is 720 g/mol. The van der Waals surface area contributed by atoms with Crippen LogP contribution in [0.3, 0.4) is 0 Å². The molecule has 256 valence electrons. The van der Waals surface area contributed by atoms with E-state index >= 15 is 0 Å². The van der Waals surface area contributed by atoms with Gasteiger partial charge in [-0.15, -0.1) is 0 Å². The van der Waals surface area contributed by atoms with Gasteiger partial charge in [-0.3, -0.25) is 0 Å². The molecule has 0 fully saturated rings. The Kier molecular flexibility index (Phi) is 7.28. The van der Waals surface area contributed by atoms with E-state index in [9.17, 15) is 0 Å². The minimum absolute atomic E-state index is 0.680. The Balaban J connectivity index is 1.12. The second-order valence-electron chi connectivity index (χ2n) is 13.8. The summed E-state index contributed by atoms with van der Waals surface area (Å²) in [5.41, 5.74) is 11.4. The van der Waals surface area contributed by atoms with E-state index in [-0.39, 0.29) is 0 Å². The first-order valence-electron chi connectivity index (χ1n) is 18.2. The van der Waals surface area contributed by atoms with Crippen molar-refractivity contribution in [3.05, 3.63) is 176 Å². The normalized spacial score (nSPS) is 11.6. The number of hydrogen-bond acceptors (Lipinski definition) is 6. The van der Waals surface area contributed by atoms with Crippen LogP contribution in [0.5, 0.6) is 0 Å². The van der Waals surface area contributed by atoms with Crippen molar-refractivity contribution < 1.29 is 0 Å². The quantitative estimate of drug-likeness (QED) is 0.166. The van der Waals surface area contributed by atoms with E-state index < -0.39 is 0 Å². The number of aromatic nitrogens is 5. The summed E-state index contributed by atoms with van der Waals surface area (Å²) in [4.78, 5) is 15.7. The number of nitrogens with zero attached hydrogens (tertiary/aromatic N) is 5. The lowest BCUT2D eigenvalue weighted by atomic mass is 9.93. The Morgan fingerprint density at radius 2 is 0.964 bits per heavy atom. The molecule has 8 aromatic carbocycles. The Morgan fingerprint density at radius 1 is 0.364 bits per heavy atom. The topological polar surface area (TPSA) is 64.5 Å². The molecule has 0 aliphatic rings. The molecule has 5 nitrogen and oxygen atoms in total. The molecular weight excluding hydrogens is 691 g/mol. The SMILES string of the molecule is c1ccc(-c2nc3ccccc3c3c2cc(-c2cccc(-c4cc(-c5ccc6ccccc6c5)nc(-c5ccc6ccccc6c5)n4)c2)c2nsnc23)cc1. The first-order valence-corrected chi connectivity index (χ1v) is 19.0. The Labute approximate surface area is 320 Å². The molecule has 0 spiro atoms. The number of benzene rings is 8. The largest absolute Gasteiger partial charge is 0.247 e. The summed E-state index contributed by atoms with van der Waals surface area (Å²) >= 11 is 1.25. The van der Waals surface area contributed by atoms with Crippen molar-refractivity contribution in [2.75, 3.05) is 0 Å². The molecule has 0 saturated heterocycles. The minimum atomic E-state index is 0.680. The van der Waals surface area contributed by atoms with Crippen molar-refractivity contribution in [3.63, 3.8) is 0 Å². The summed E-state index contributed by atoms with van der Waals surface area (Å²) in [5, 5.41) is 7.88. The molecule has 55 heavy (non-hydrogen) atoms. The molecule has 0 atom stereocenters. The zero-order chi connectivity index (χ0) is 36.3. The predicted octanol–water partition coefficient (Wildman–Crippen LogP) is 12.8. The van der Waals surface area contributed by atoms with Gasteiger partial charge < -0.3 is 0 Å². The highest BCUT2D eigenvalue weighted by Gasteiger charge is 2.20.